The molecule has 0 saturated carbocycles. The van der Waals surface area contributed by atoms with E-state index in [9.17, 15) is 53.3 Å². The lowest BCUT2D eigenvalue weighted by atomic mass is 9.95. The molecule has 1 rings (SSSR count). The van der Waals surface area contributed by atoms with Gasteiger partial charge in [0, 0.05) is 19.3 Å². The Kier molecular flexibility index (Phi) is 69.2. The van der Waals surface area contributed by atoms with Crippen LogP contribution in [0.15, 0.2) is 0 Å². The summed E-state index contributed by atoms with van der Waals surface area (Å²) >= 11 is 0. The van der Waals surface area contributed by atoms with Gasteiger partial charge in [0.05, 0.1) is 45.1 Å². The first-order valence-corrected chi connectivity index (χ1v) is 46.6. The predicted molar refractivity (Wildman–Crippen MR) is 434 cm³/mol. The second-order valence-corrected chi connectivity index (χ2v) is 32.8. The Hall–Kier alpha value is -3.23. The van der Waals surface area contributed by atoms with E-state index in [1.807, 2.05) is 0 Å². The van der Waals surface area contributed by atoms with Crippen LogP contribution in [-0.4, -0.2) is 131 Å². The van der Waals surface area contributed by atoms with Gasteiger partial charge < -0.3 is 59.1 Å². The molecule has 1 saturated heterocycles. The quantitative estimate of drug-likeness (QED) is 0.0143. The number of aliphatic hydroxyl groups is 2. The van der Waals surface area contributed by atoms with E-state index < -0.39 is 119 Å². The fourth-order valence-electron chi connectivity index (χ4n) is 14.6. The molecule has 0 radical (unpaired) electrons. The smallest absolute Gasteiger partial charge is 0.462 e. The minimum atomic E-state index is -5.52. The molecule has 108 heavy (non-hydrogen) atoms. The van der Waals surface area contributed by atoms with E-state index in [1.54, 1.807) is 0 Å². The van der Waals surface area contributed by atoms with Gasteiger partial charge in [0.1, 0.15) is 36.6 Å². The van der Waals surface area contributed by atoms with Crippen LogP contribution in [0.1, 0.15) is 446 Å². The molecular formula is C87H165N2O18P. The Morgan fingerprint density at radius 1 is 0.370 bits per heavy atom. The average molecular weight is 1560 g/mol. The largest absolute Gasteiger partial charge is 0.470 e. The van der Waals surface area contributed by atoms with Crippen molar-refractivity contribution in [3.63, 3.8) is 0 Å². The fraction of sp³-hybridized carbons (Fsp3) is 0.931. The van der Waals surface area contributed by atoms with Crippen LogP contribution < -0.4 is 10.6 Å². The van der Waals surface area contributed by atoms with Crippen molar-refractivity contribution in [2.45, 2.75) is 501 Å². The Morgan fingerprint density at radius 3 is 0.954 bits per heavy atom. The zero-order valence-electron chi connectivity index (χ0n) is 69.8. The van der Waals surface area contributed by atoms with Crippen LogP contribution >= 0.6 is 7.82 Å². The fourth-order valence-corrected chi connectivity index (χ4v) is 15.2. The third-order valence-electron chi connectivity index (χ3n) is 21.2. The van der Waals surface area contributed by atoms with Crippen LogP contribution in [0, 0.1) is 0 Å². The summed E-state index contributed by atoms with van der Waals surface area (Å²) in [6, 6.07) is -2.81. The lowest BCUT2D eigenvalue weighted by Gasteiger charge is -2.45. The van der Waals surface area contributed by atoms with Gasteiger partial charge in [0.2, 0.25) is 11.8 Å². The number of carbonyl (C=O) groups excluding carboxylic acids is 6. The molecule has 636 valence electrons. The van der Waals surface area contributed by atoms with Gasteiger partial charge in [-0.25, -0.2) is 4.57 Å². The molecule has 0 aromatic heterocycles. The molecule has 0 spiro atoms. The van der Waals surface area contributed by atoms with Crippen molar-refractivity contribution in [2.75, 3.05) is 19.8 Å². The summed E-state index contributed by atoms with van der Waals surface area (Å²) in [5, 5.41) is 27.6. The predicted octanol–water partition coefficient (Wildman–Crippen LogP) is 21.5. The molecule has 0 unspecified atom stereocenters. The number of unbranched alkanes of at least 4 members (excludes halogenated alkanes) is 48. The topological polar surface area (TPSA) is 289 Å². The maximum Gasteiger partial charge on any atom is 0.470 e. The Bertz CT molecular complexity index is 2190. The zero-order chi connectivity index (χ0) is 79.2. The number of phosphoric ester groups is 1. The first-order valence-electron chi connectivity index (χ1n) is 45.1. The van der Waals surface area contributed by atoms with Gasteiger partial charge >= 0.3 is 31.7 Å². The average Bonchev–Trinajstić information content (AvgIpc) is 0.780. The minimum absolute atomic E-state index is 0.152. The monoisotopic (exact) mass is 1560 g/mol. The number of aliphatic hydroxyl groups excluding tert-OH is 2. The maximum atomic E-state index is 14.9. The lowest BCUT2D eigenvalue weighted by Crippen LogP contribution is -2.66. The third kappa shape index (κ3) is 60.4. The van der Waals surface area contributed by atoms with Crippen LogP contribution in [0.3, 0.4) is 0 Å². The van der Waals surface area contributed by atoms with Crippen LogP contribution in [-0.2, 0) is 66.3 Å². The number of ether oxygens (including phenoxy) is 6. The number of rotatable bonds is 79. The summed E-state index contributed by atoms with van der Waals surface area (Å²) in [4.78, 5) is 106. The molecule has 1 fully saturated rings. The lowest BCUT2D eigenvalue weighted by molar-refractivity contribution is -0.272. The molecule has 0 aromatic carbocycles. The van der Waals surface area contributed by atoms with Gasteiger partial charge in [0.15, 0.2) is 12.4 Å². The Morgan fingerprint density at radius 2 is 0.657 bits per heavy atom. The number of carbonyl (C=O) groups is 6. The summed E-state index contributed by atoms with van der Waals surface area (Å²) in [7, 11) is -5.52. The Balaban J connectivity index is 3.80. The first kappa shape index (κ1) is 103. The van der Waals surface area contributed by atoms with Gasteiger partial charge in [-0.2, -0.15) is 0 Å². The van der Waals surface area contributed by atoms with Crippen LogP contribution in [0.5, 0.6) is 0 Å². The standard InChI is InChI=1S/C87H165N2O18P/c1-7-13-19-25-31-37-43-49-55-61-74(102-80(94)64-58-52-46-40-34-28-22-16-10-4)67-78(92)88-73(70-90)72-101-87-84(89-79(93)68-75(62-56-50-44-38-32-26-20-14-8-2)103-81(95)65-59-53-47-41-35-29-23-17-11-5)86(85(77(71-91)105-87)107-108(98,99)100)106-83(97)69-76(63-57-51-45-39-33-27-21-15-9-3)104-82(96)66-60-54-48-42-36-30-24-18-12-6/h73-77,84-87,90-91H,7-72H2,1-6H3,(H,88,92)(H,89,93)(H2,98,99,100)/t73-,74-,75-,76-,77-,84+,85-,86-,87+/m1/s1. The summed E-state index contributed by atoms with van der Waals surface area (Å²) in [5.74, 6) is -3.49. The molecule has 2 amide bonds. The normalized spacial score (nSPS) is 17.1. The Labute approximate surface area is 658 Å². The summed E-state index contributed by atoms with van der Waals surface area (Å²) in [6.45, 7) is 11.1. The second kappa shape index (κ2) is 72.7. The van der Waals surface area contributed by atoms with Gasteiger partial charge in [-0.3, -0.25) is 33.3 Å². The summed E-state index contributed by atoms with van der Waals surface area (Å²) < 4.78 is 55.6. The van der Waals surface area contributed by atoms with E-state index in [-0.39, 0.29) is 38.1 Å². The van der Waals surface area contributed by atoms with E-state index in [2.05, 4.69) is 52.2 Å². The van der Waals surface area contributed by atoms with Crippen molar-refractivity contribution in [2.24, 2.45) is 0 Å². The minimum Gasteiger partial charge on any atom is -0.462 e. The van der Waals surface area contributed by atoms with E-state index in [0.717, 1.165) is 180 Å². The van der Waals surface area contributed by atoms with Gasteiger partial charge in [-0.1, -0.05) is 350 Å². The summed E-state index contributed by atoms with van der Waals surface area (Å²) in [6.07, 6.45) is 48.2. The second-order valence-electron chi connectivity index (χ2n) is 31.6. The first-order chi connectivity index (χ1) is 52.5. The number of hydrogen-bond acceptors (Lipinski definition) is 16. The van der Waals surface area contributed by atoms with Crippen molar-refractivity contribution in [3.05, 3.63) is 0 Å². The molecule has 0 bridgehead atoms. The highest BCUT2D eigenvalue weighted by Gasteiger charge is 2.52. The van der Waals surface area contributed by atoms with Crippen molar-refractivity contribution >= 4 is 43.5 Å². The van der Waals surface area contributed by atoms with Gasteiger partial charge in [0.25, 0.3) is 0 Å². The van der Waals surface area contributed by atoms with Crippen molar-refractivity contribution in [3.8, 4) is 0 Å². The third-order valence-corrected chi connectivity index (χ3v) is 21.7. The highest BCUT2D eigenvalue weighted by molar-refractivity contribution is 7.46. The van der Waals surface area contributed by atoms with E-state index in [4.69, 9.17) is 32.9 Å². The van der Waals surface area contributed by atoms with Crippen LogP contribution in [0.25, 0.3) is 0 Å². The van der Waals surface area contributed by atoms with E-state index in [0.29, 0.717) is 51.4 Å². The molecule has 9 atom stereocenters. The van der Waals surface area contributed by atoms with Crippen LogP contribution in [0.2, 0.25) is 0 Å². The molecular weight excluding hydrogens is 1390 g/mol. The molecule has 21 heteroatoms. The molecule has 1 heterocycles. The summed E-state index contributed by atoms with van der Waals surface area (Å²) in [5.41, 5.74) is 0. The number of nitrogens with one attached hydrogen (secondary N) is 2. The van der Waals surface area contributed by atoms with Crippen molar-refractivity contribution in [1.29, 1.82) is 0 Å². The molecule has 0 aliphatic carbocycles. The molecule has 6 N–H and O–H groups in total. The van der Waals surface area contributed by atoms with Crippen LogP contribution in [0.4, 0.5) is 0 Å². The number of esters is 4. The number of amides is 2. The number of phosphoric acid groups is 1. The van der Waals surface area contributed by atoms with Crippen molar-refractivity contribution in [1.82, 2.24) is 10.6 Å². The number of hydrogen-bond donors (Lipinski definition) is 6. The molecule has 0 aromatic rings. The molecule has 1 aliphatic heterocycles. The highest BCUT2D eigenvalue weighted by atomic mass is 31.2. The van der Waals surface area contributed by atoms with E-state index >= 15 is 0 Å². The van der Waals surface area contributed by atoms with E-state index in [1.165, 1.54) is 135 Å². The van der Waals surface area contributed by atoms with Gasteiger partial charge in [-0.15, -0.1) is 0 Å². The molecule has 20 nitrogen and oxygen atoms in total. The van der Waals surface area contributed by atoms with Gasteiger partial charge in [-0.05, 0) is 57.8 Å². The van der Waals surface area contributed by atoms with Crippen molar-refractivity contribution < 1.29 is 86.3 Å². The SMILES string of the molecule is CCCCCCCCCCCC(=O)O[C@H](CCCCCCCCCCC)CC(=O)N[C@H](CO)CO[C@H]1O[C@H](CO)[C@@H](OP(=O)(O)O)[C@H](OC(=O)C[C@@H](CCCCCCCCCCC)OC(=O)CCCCCCCCCCC)[C@@H]1NC(=O)C[C@@H](CCCCCCCCCCC)OC(=O)CCCCCCCCCCC. The molecule has 1 aliphatic rings. The highest BCUT2D eigenvalue weighted by Crippen LogP contribution is 2.42. The maximum absolute atomic E-state index is 14.9. The zero-order valence-corrected chi connectivity index (χ0v) is 70.7.